The Bertz CT molecular complexity index is 1690. The molecule has 2 aromatic carbocycles. The van der Waals surface area contributed by atoms with Gasteiger partial charge in [-0.25, -0.2) is 0 Å². The number of aliphatic hydroxyl groups excluding tert-OH is 2. The number of aromatic hydroxyl groups is 1. The van der Waals surface area contributed by atoms with Gasteiger partial charge >= 0.3 is 0 Å². The van der Waals surface area contributed by atoms with E-state index >= 15 is 0 Å². The second-order valence-corrected chi connectivity index (χ2v) is 13.6. The zero-order valence-corrected chi connectivity index (χ0v) is 26.0. The first kappa shape index (κ1) is 31.3. The van der Waals surface area contributed by atoms with Gasteiger partial charge < -0.3 is 20.4 Å². The number of carbonyl (C=O) groups is 3. The minimum atomic E-state index is -2.62. The lowest BCUT2D eigenvalue weighted by Gasteiger charge is -2.59. The van der Waals surface area contributed by atoms with Gasteiger partial charge in [-0.05, 0) is 73.3 Å². The molecule has 0 bridgehead atoms. The lowest BCUT2D eigenvalue weighted by molar-refractivity contribution is -0.171. The number of aliphatic hydroxyl groups is 3. The van der Waals surface area contributed by atoms with Gasteiger partial charge in [0.1, 0.15) is 22.8 Å². The van der Waals surface area contributed by atoms with E-state index in [2.05, 4.69) is 5.92 Å². The number of carbonyl (C=O) groups excluding carboxylic acids is 3. The highest BCUT2D eigenvalue weighted by molar-refractivity contribution is 6.25. The first-order valence-electron chi connectivity index (χ1n) is 15.2. The third-order valence-corrected chi connectivity index (χ3v) is 10.2. The fourth-order valence-electron chi connectivity index (χ4n) is 8.41. The Labute approximate surface area is 258 Å². The van der Waals surface area contributed by atoms with Crippen LogP contribution in [0.5, 0.6) is 5.75 Å². The molecule has 7 nitrogen and oxygen atoms in total. The van der Waals surface area contributed by atoms with E-state index in [1.54, 1.807) is 19.9 Å². The van der Waals surface area contributed by atoms with E-state index in [0.717, 1.165) is 49.3 Å². The van der Waals surface area contributed by atoms with Gasteiger partial charge in [-0.3, -0.25) is 14.4 Å². The number of allylic oxidation sites excluding steroid dienone is 2. The molecule has 0 aromatic heterocycles. The van der Waals surface area contributed by atoms with Crippen LogP contribution < -0.4 is 0 Å². The molecule has 0 saturated carbocycles. The lowest BCUT2D eigenvalue weighted by Crippen LogP contribution is -2.67. The second kappa shape index (κ2) is 10.8. The fraction of sp³-hybridized carbons (Fsp3) is 0.432. The summed E-state index contributed by atoms with van der Waals surface area (Å²) in [6.45, 7) is 8.19. The van der Waals surface area contributed by atoms with Gasteiger partial charge in [0.25, 0.3) is 0 Å². The Balaban J connectivity index is 1.66. The third kappa shape index (κ3) is 4.34. The summed E-state index contributed by atoms with van der Waals surface area (Å²) < 4.78 is 0. The standard InChI is InChI=1S/C37H40O7/c1-7-8-9-10-11-22-12-14-23(15-13-22)24-16-17-26(39)28-25(24)18-35(5)19-36(6)29(20(2)3)31(40)27(21(4)38)33(42)37(36,44)34(43)30(35)32(28)41/h1,12-17,20,29,39-40,43-44H,8-11,18-19H2,2-6H3/t29?,35-,36-,37+/m1/s1. The Kier molecular flexibility index (Phi) is 7.66. The SMILES string of the molecule is C#CCCCCc1ccc(-c2ccc(O)c3c2C[C@]2(C)C[C@]4(C)C(C(C)C)C(O)=C(C(C)=O)C(=O)[C@]4(O)C(O)=C2C3=O)cc1. The molecule has 2 aromatic rings. The van der Waals surface area contributed by atoms with Crippen LogP contribution in [0.4, 0.5) is 0 Å². The summed E-state index contributed by atoms with van der Waals surface area (Å²) in [6, 6.07) is 11.3. The van der Waals surface area contributed by atoms with E-state index in [1.165, 1.54) is 6.07 Å². The minimum Gasteiger partial charge on any atom is -0.511 e. The first-order chi connectivity index (χ1) is 20.6. The molecule has 0 spiro atoms. The van der Waals surface area contributed by atoms with Crippen LogP contribution in [-0.4, -0.2) is 43.4 Å². The van der Waals surface area contributed by atoms with Crippen molar-refractivity contribution in [2.24, 2.45) is 22.7 Å². The van der Waals surface area contributed by atoms with E-state index in [0.29, 0.717) is 5.56 Å². The summed E-state index contributed by atoms with van der Waals surface area (Å²) in [4.78, 5) is 40.7. The summed E-state index contributed by atoms with van der Waals surface area (Å²) in [5.41, 5.74) is -2.46. The molecular formula is C37H40O7. The van der Waals surface area contributed by atoms with Crippen molar-refractivity contribution >= 4 is 17.3 Å². The molecule has 0 saturated heterocycles. The highest BCUT2D eigenvalue weighted by Gasteiger charge is 2.71. The van der Waals surface area contributed by atoms with Crippen molar-refractivity contribution in [2.75, 3.05) is 0 Å². The number of hydrogen-bond donors (Lipinski definition) is 4. The summed E-state index contributed by atoms with van der Waals surface area (Å²) in [5, 5.41) is 46.3. The number of phenolic OH excluding ortho intramolecular Hbond substituents is 1. The molecule has 0 aliphatic heterocycles. The first-order valence-corrected chi connectivity index (χ1v) is 15.2. The molecular weight excluding hydrogens is 556 g/mol. The molecule has 3 aliphatic carbocycles. The number of Topliss-reactive ketones (excluding diaryl/α,β-unsaturated/α-hetero) is 3. The van der Waals surface area contributed by atoms with Crippen molar-refractivity contribution in [3.8, 4) is 29.2 Å². The van der Waals surface area contributed by atoms with Crippen molar-refractivity contribution in [1.29, 1.82) is 0 Å². The van der Waals surface area contributed by atoms with Crippen LogP contribution in [0.25, 0.3) is 11.1 Å². The van der Waals surface area contributed by atoms with Gasteiger partial charge in [0.05, 0.1) is 5.56 Å². The van der Waals surface area contributed by atoms with E-state index in [-0.39, 0.29) is 35.6 Å². The number of hydrogen-bond acceptors (Lipinski definition) is 7. The highest BCUT2D eigenvalue weighted by Crippen LogP contribution is 2.65. The molecule has 44 heavy (non-hydrogen) atoms. The third-order valence-electron chi connectivity index (χ3n) is 10.2. The number of fused-ring (bicyclic) bond motifs is 3. The van der Waals surface area contributed by atoms with Crippen molar-refractivity contribution < 1.29 is 34.8 Å². The quantitative estimate of drug-likeness (QED) is 0.166. The molecule has 4 N–H and O–H groups in total. The van der Waals surface area contributed by atoms with Gasteiger partial charge in [0.2, 0.25) is 5.78 Å². The van der Waals surface area contributed by atoms with Crippen LogP contribution in [0, 0.1) is 35.0 Å². The molecule has 5 rings (SSSR count). The average Bonchev–Trinajstić information content (AvgIpc) is 2.93. The number of unbranched alkanes of at least 4 members (excludes halogenated alkanes) is 2. The Morgan fingerprint density at radius 1 is 1.05 bits per heavy atom. The summed E-state index contributed by atoms with van der Waals surface area (Å²) in [5.74, 6) is -2.54. The lowest BCUT2D eigenvalue weighted by atomic mass is 9.44. The van der Waals surface area contributed by atoms with Crippen LogP contribution in [0.3, 0.4) is 0 Å². The second-order valence-electron chi connectivity index (χ2n) is 13.6. The van der Waals surface area contributed by atoms with Crippen molar-refractivity contribution in [1.82, 2.24) is 0 Å². The van der Waals surface area contributed by atoms with Gasteiger partial charge in [0, 0.05) is 28.7 Å². The van der Waals surface area contributed by atoms with Crippen LogP contribution in [-0.2, 0) is 22.4 Å². The van der Waals surface area contributed by atoms with Gasteiger partial charge in [-0.2, -0.15) is 0 Å². The van der Waals surface area contributed by atoms with Crippen LogP contribution in [0.1, 0.15) is 81.8 Å². The Hall–Kier alpha value is -4.15. The minimum absolute atomic E-state index is 0.0148. The summed E-state index contributed by atoms with van der Waals surface area (Å²) in [7, 11) is 0. The van der Waals surface area contributed by atoms with Crippen molar-refractivity contribution in [3.05, 3.63) is 75.8 Å². The van der Waals surface area contributed by atoms with Crippen LogP contribution >= 0.6 is 0 Å². The maximum absolute atomic E-state index is 14.3. The molecule has 4 atom stereocenters. The van der Waals surface area contributed by atoms with Gasteiger partial charge in [-0.15, -0.1) is 12.3 Å². The highest BCUT2D eigenvalue weighted by atomic mass is 16.3. The fourth-order valence-corrected chi connectivity index (χ4v) is 8.41. The molecule has 3 aliphatic rings. The van der Waals surface area contributed by atoms with Crippen LogP contribution in [0.15, 0.2) is 59.1 Å². The van der Waals surface area contributed by atoms with Crippen molar-refractivity contribution in [3.63, 3.8) is 0 Å². The molecule has 230 valence electrons. The predicted octanol–water partition coefficient (Wildman–Crippen LogP) is 6.36. The molecule has 0 amide bonds. The topological polar surface area (TPSA) is 132 Å². The summed E-state index contributed by atoms with van der Waals surface area (Å²) in [6.07, 6.45) is 9.20. The monoisotopic (exact) mass is 596 g/mol. The number of benzene rings is 2. The number of aryl methyl sites for hydroxylation is 1. The zero-order chi connectivity index (χ0) is 32.4. The van der Waals surface area contributed by atoms with E-state index in [9.17, 15) is 34.8 Å². The summed E-state index contributed by atoms with van der Waals surface area (Å²) >= 11 is 0. The van der Waals surface area contributed by atoms with E-state index in [4.69, 9.17) is 6.42 Å². The average molecular weight is 597 g/mol. The maximum Gasteiger partial charge on any atom is 0.209 e. The van der Waals surface area contributed by atoms with Gasteiger partial charge in [-0.1, -0.05) is 58.0 Å². The smallest absolute Gasteiger partial charge is 0.209 e. The number of phenols is 1. The number of rotatable bonds is 7. The largest absolute Gasteiger partial charge is 0.511 e. The van der Waals surface area contributed by atoms with Crippen molar-refractivity contribution in [2.45, 2.75) is 78.7 Å². The number of ketones is 3. The maximum atomic E-state index is 14.3. The predicted molar refractivity (Wildman–Crippen MR) is 167 cm³/mol. The molecule has 0 heterocycles. The number of terminal acetylenes is 1. The van der Waals surface area contributed by atoms with Gasteiger partial charge in [0.15, 0.2) is 17.2 Å². The Morgan fingerprint density at radius 2 is 1.70 bits per heavy atom. The molecule has 7 heteroatoms. The van der Waals surface area contributed by atoms with E-state index < -0.39 is 56.8 Å². The zero-order valence-electron chi connectivity index (χ0n) is 26.0. The molecule has 0 radical (unpaired) electrons. The molecule has 0 fully saturated rings. The van der Waals surface area contributed by atoms with Crippen LogP contribution in [0.2, 0.25) is 0 Å². The Morgan fingerprint density at radius 3 is 2.30 bits per heavy atom. The van der Waals surface area contributed by atoms with E-state index in [1.807, 2.05) is 38.1 Å². The normalized spacial score (nSPS) is 28.0. The molecule has 1 unspecified atom stereocenters.